The zero-order valence-electron chi connectivity index (χ0n) is 36.1. The van der Waals surface area contributed by atoms with E-state index in [0.29, 0.717) is 59.7 Å². The van der Waals surface area contributed by atoms with Crippen molar-refractivity contribution in [1.29, 1.82) is 5.26 Å². The van der Waals surface area contributed by atoms with Crippen molar-refractivity contribution in [2.75, 3.05) is 26.4 Å². The molecule has 0 aromatic heterocycles. The molecule has 62 heavy (non-hydrogen) atoms. The maximum Gasteiger partial charge on any atom is 0.412 e. The monoisotopic (exact) mass is 850 g/mol. The van der Waals surface area contributed by atoms with Crippen LogP contribution >= 0.6 is 0 Å². The van der Waals surface area contributed by atoms with Crippen LogP contribution in [0.2, 0.25) is 0 Å². The van der Waals surface area contributed by atoms with Crippen molar-refractivity contribution in [2.45, 2.75) is 103 Å². The van der Waals surface area contributed by atoms with Crippen LogP contribution in [0.4, 0.5) is 9.18 Å². The summed E-state index contributed by atoms with van der Waals surface area (Å²) in [6, 6.07) is 19.0. The average molecular weight is 851 g/mol. The predicted octanol–water partition coefficient (Wildman–Crippen LogP) is 8.58. The first-order valence-corrected chi connectivity index (χ1v) is 21.6. The van der Waals surface area contributed by atoms with Gasteiger partial charge in [-0.25, -0.2) is 9.18 Å². The third kappa shape index (κ3) is 10.4. The Morgan fingerprint density at radius 1 is 1.05 bits per heavy atom. The van der Waals surface area contributed by atoms with Gasteiger partial charge in [0, 0.05) is 49.8 Å². The van der Waals surface area contributed by atoms with Crippen LogP contribution in [0.5, 0.6) is 11.5 Å². The number of allylic oxidation sites excluding steroid dienone is 1. The largest absolute Gasteiger partial charge is 0.459 e. The van der Waals surface area contributed by atoms with Gasteiger partial charge < -0.3 is 39.5 Å². The Morgan fingerprint density at radius 3 is 2.40 bits per heavy atom. The number of benzene rings is 3. The molecule has 3 aromatic rings. The maximum atomic E-state index is 15.2. The van der Waals surface area contributed by atoms with Gasteiger partial charge in [0.05, 0.1) is 29.9 Å². The molecule has 0 spiro atoms. The Kier molecular flexibility index (Phi) is 15.2. The number of nitrogens with zero attached hydrogens (tertiary/aromatic N) is 3. The number of nitriles is 1. The second-order valence-electron chi connectivity index (χ2n) is 17.1. The molecule has 1 fully saturated rings. The summed E-state index contributed by atoms with van der Waals surface area (Å²) in [4.78, 5) is 35.9. The van der Waals surface area contributed by atoms with E-state index >= 15 is 4.79 Å². The van der Waals surface area contributed by atoms with Gasteiger partial charge in [-0.05, 0) is 131 Å². The fourth-order valence-corrected chi connectivity index (χ4v) is 9.15. The molecule has 1 heterocycles. The lowest BCUT2D eigenvalue weighted by atomic mass is 9.55. The molecule has 13 heteroatoms. The van der Waals surface area contributed by atoms with Gasteiger partial charge in [-0.2, -0.15) is 5.26 Å². The number of halogens is 1. The second-order valence-corrected chi connectivity index (χ2v) is 17.1. The van der Waals surface area contributed by atoms with Crippen LogP contribution in [0, 0.1) is 34.9 Å². The molecule has 3 aromatic carbocycles. The molecular weight excluding hydrogens is 792 g/mol. The average Bonchev–Trinajstić information content (AvgIpc) is 3.25. The van der Waals surface area contributed by atoms with Crippen molar-refractivity contribution in [2.24, 2.45) is 22.9 Å². The molecule has 1 saturated carbocycles. The van der Waals surface area contributed by atoms with Crippen molar-refractivity contribution in [3.8, 4) is 17.6 Å². The number of ether oxygens (including phenoxy) is 3. The highest BCUT2D eigenvalue weighted by Crippen LogP contribution is 2.62. The topological polar surface area (TPSA) is 163 Å². The Bertz CT molecular complexity index is 2140. The third-order valence-corrected chi connectivity index (χ3v) is 11.8. The highest BCUT2D eigenvalue weighted by Gasteiger charge is 2.65. The van der Waals surface area contributed by atoms with E-state index in [9.17, 15) is 24.7 Å². The highest BCUT2D eigenvalue weighted by molar-refractivity contribution is 6.03. The molecule has 0 radical (unpaired) electrons. The number of carbonyl (C=O) groups is 2. The van der Waals surface area contributed by atoms with E-state index in [1.165, 1.54) is 12.1 Å². The quantitative estimate of drug-likeness (QED) is 0.0647. The van der Waals surface area contributed by atoms with Gasteiger partial charge in [0.1, 0.15) is 29.0 Å². The van der Waals surface area contributed by atoms with E-state index in [2.05, 4.69) is 24.0 Å². The number of hydrogen-bond donors (Lipinski definition) is 3. The third-order valence-electron chi connectivity index (χ3n) is 11.8. The Balaban J connectivity index is 1.65. The van der Waals surface area contributed by atoms with Gasteiger partial charge in [-0.3, -0.25) is 4.79 Å². The minimum atomic E-state index is -1.58. The van der Waals surface area contributed by atoms with E-state index in [1.807, 2.05) is 33.8 Å². The predicted molar refractivity (Wildman–Crippen MR) is 233 cm³/mol. The molecule has 0 saturated heterocycles. The first-order chi connectivity index (χ1) is 29.9. The molecular formula is C49H59FN4O8. The van der Waals surface area contributed by atoms with Crippen LogP contribution in [-0.2, 0) is 16.1 Å². The van der Waals surface area contributed by atoms with E-state index in [0.717, 1.165) is 30.4 Å². The number of aliphatic hydroxyl groups is 2. The summed E-state index contributed by atoms with van der Waals surface area (Å²) in [6.45, 7) is 12.1. The number of unbranched alkanes of at least 4 members (excludes halogenated alkanes) is 2. The zero-order chi connectivity index (χ0) is 44.4. The molecule has 330 valence electrons. The van der Waals surface area contributed by atoms with Crippen LogP contribution in [0.15, 0.2) is 96.2 Å². The molecule has 3 aliphatic rings. The number of amides is 2. The first-order valence-electron chi connectivity index (χ1n) is 21.6. The lowest BCUT2D eigenvalue weighted by Crippen LogP contribution is -2.70. The summed E-state index contributed by atoms with van der Waals surface area (Å²) >= 11 is 0. The van der Waals surface area contributed by atoms with Crippen LogP contribution in [0.3, 0.4) is 0 Å². The molecule has 2 aliphatic carbocycles. The smallest absolute Gasteiger partial charge is 0.412 e. The summed E-state index contributed by atoms with van der Waals surface area (Å²) in [6.07, 6.45) is 7.62. The minimum absolute atomic E-state index is 0.0144. The molecule has 6 atom stereocenters. The van der Waals surface area contributed by atoms with E-state index < -0.39 is 35.3 Å². The van der Waals surface area contributed by atoms with Crippen LogP contribution in [0.25, 0.3) is 0 Å². The van der Waals surface area contributed by atoms with Crippen LogP contribution in [-0.4, -0.2) is 76.6 Å². The van der Waals surface area contributed by atoms with Crippen LogP contribution in [0.1, 0.15) is 106 Å². The fourth-order valence-electron chi connectivity index (χ4n) is 9.15. The molecule has 2 amide bonds. The van der Waals surface area contributed by atoms with E-state index in [-0.39, 0.29) is 56.4 Å². The first kappa shape index (κ1) is 46.0. The Morgan fingerprint density at radius 2 is 1.76 bits per heavy atom. The van der Waals surface area contributed by atoms with Gasteiger partial charge in [-0.15, -0.1) is 6.58 Å². The Hall–Kier alpha value is -5.55. The maximum absolute atomic E-state index is 15.2. The van der Waals surface area contributed by atoms with Gasteiger partial charge in [0.25, 0.3) is 5.91 Å². The van der Waals surface area contributed by atoms with Crippen molar-refractivity contribution in [3.05, 3.63) is 119 Å². The van der Waals surface area contributed by atoms with E-state index in [1.54, 1.807) is 59.5 Å². The molecule has 6 rings (SSSR count). The summed E-state index contributed by atoms with van der Waals surface area (Å²) in [7, 11) is 0. The SMILES string of the molecule is C=CCO[C@@]12Oc3ccc(OC(=O)NCC)cc3[C@H]3[C@H](CCCCO)[C@@H](CCCCO)C=C(C(=NOC(C)(C)C)C[C@@H]1N(Cc1ccc(F)cc1)C(=O)c1ccc(C#N)cc1)[C@H]32. The number of oxime groups is 1. The zero-order valence-corrected chi connectivity index (χ0v) is 36.1. The molecule has 0 bridgehead atoms. The van der Waals surface area contributed by atoms with Crippen molar-refractivity contribution in [1.82, 2.24) is 10.2 Å². The number of carbonyl (C=O) groups excluding carboxylic acids is 2. The summed E-state index contributed by atoms with van der Waals surface area (Å²) < 4.78 is 34.5. The van der Waals surface area contributed by atoms with Gasteiger partial charge in [0.15, 0.2) is 0 Å². The number of nitrogens with one attached hydrogen (secondary N) is 1. The van der Waals surface area contributed by atoms with Crippen LogP contribution < -0.4 is 14.8 Å². The lowest BCUT2D eigenvalue weighted by Gasteiger charge is -2.60. The van der Waals surface area contributed by atoms with Crippen molar-refractivity contribution >= 4 is 17.7 Å². The minimum Gasteiger partial charge on any atom is -0.459 e. The number of aliphatic hydroxyl groups excluding tert-OH is 2. The van der Waals surface area contributed by atoms with Crippen molar-refractivity contribution < 1.29 is 43.2 Å². The standard InChI is InChI=1S/C49H59FN4O8/c1-6-26-59-49-43(54(31-33-16-20-36(50)21-17-33)46(57)34-18-14-32(30-51)15-19-34)29-41(53-62-48(3,4)5)39-27-35(12-8-10-24-55)38(13-9-11-25-56)44(45(39)49)40-28-37(22-23-42(40)61-49)60-47(58)52-7-2/h6,14-23,27-28,35,38,43-45,55-56H,1,7-13,24-26,29,31H2,2-5H3,(H,52,58)/t35-,38+,43-,44+,45+,49+/m0/s1. The number of fused-ring (bicyclic) bond motifs is 2. The van der Waals surface area contributed by atoms with E-state index in [4.69, 9.17) is 24.2 Å². The number of hydrogen-bond acceptors (Lipinski definition) is 10. The molecule has 1 aliphatic heterocycles. The molecule has 3 N–H and O–H groups in total. The molecule has 0 unspecified atom stereocenters. The summed E-state index contributed by atoms with van der Waals surface area (Å²) in [5.74, 6) is -2.61. The normalized spacial score (nSPS) is 23.2. The highest BCUT2D eigenvalue weighted by atomic mass is 19.1. The Labute approximate surface area is 364 Å². The fraction of sp³-hybridized carbons (Fsp3) is 0.469. The molecule has 12 nitrogen and oxygen atoms in total. The van der Waals surface area contributed by atoms with Gasteiger partial charge in [0.2, 0.25) is 5.79 Å². The summed E-state index contributed by atoms with van der Waals surface area (Å²) in [5.41, 5.74) is 2.95. The second kappa shape index (κ2) is 20.5. The lowest BCUT2D eigenvalue weighted by molar-refractivity contribution is -0.255. The van der Waals surface area contributed by atoms with Crippen molar-refractivity contribution in [3.63, 3.8) is 0 Å². The number of rotatable bonds is 18. The van der Waals surface area contributed by atoms with Gasteiger partial charge in [-0.1, -0.05) is 42.3 Å². The summed E-state index contributed by atoms with van der Waals surface area (Å²) in [5, 5.41) is 37.0. The van der Waals surface area contributed by atoms with Gasteiger partial charge >= 0.3 is 6.09 Å².